The molecule has 0 aliphatic carbocycles. The van der Waals surface area contributed by atoms with Crippen LogP contribution in [0.25, 0.3) is 33.3 Å². The van der Waals surface area contributed by atoms with Crippen LogP contribution in [0.1, 0.15) is 12.0 Å². The van der Waals surface area contributed by atoms with Gasteiger partial charge in [0, 0.05) is 29.1 Å². The molecule has 4 aromatic rings. The fraction of sp³-hybridized carbons (Fsp3) is 0.240. The van der Waals surface area contributed by atoms with Crippen molar-refractivity contribution >= 4 is 26.8 Å². The van der Waals surface area contributed by atoms with Gasteiger partial charge < -0.3 is 10.1 Å². The lowest BCUT2D eigenvalue weighted by Gasteiger charge is -2.12. The number of fused-ring (bicyclic) bond motifs is 1. The molecular formula is C25H25BrFN3O. The number of rotatable bonds is 8. The molecule has 0 saturated carbocycles. The first kappa shape index (κ1) is 21.7. The predicted molar refractivity (Wildman–Crippen MR) is 127 cm³/mol. The average Bonchev–Trinajstić information content (AvgIpc) is 3.09. The second-order valence-corrected chi connectivity index (χ2v) is 8.41. The minimum absolute atomic E-state index is 0.287. The minimum Gasteiger partial charge on any atom is -0.377 e. The summed E-state index contributed by atoms with van der Waals surface area (Å²) in [6, 6.07) is 19.3. The van der Waals surface area contributed by atoms with E-state index in [4.69, 9.17) is 4.74 Å². The first-order valence-corrected chi connectivity index (χ1v) is 11.1. The van der Waals surface area contributed by atoms with Crippen molar-refractivity contribution in [3.8, 4) is 22.4 Å². The first-order valence-electron chi connectivity index (χ1n) is 10.3. The van der Waals surface area contributed by atoms with Crippen molar-refractivity contribution in [1.29, 1.82) is 0 Å². The van der Waals surface area contributed by atoms with E-state index in [1.54, 1.807) is 10.7 Å². The van der Waals surface area contributed by atoms with Crippen LogP contribution in [0, 0.1) is 5.82 Å². The normalized spacial score (nSPS) is 11.4. The summed E-state index contributed by atoms with van der Waals surface area (Å²) >= 11 is 3.49. The largest absolute Gasteiger partial charge is 0.377 e. The van der Waals surface area contributed by atoms with Gasteiger partial charge in [-0.2, -0.15) is 5.10 Å². The van der Waals surface area contributed by atoms with E-state index in [9.17, 15) is 0 Å². The Hall–Kier alpha value is -2.54. The van der Waals surface area contributed by atoms with E-state index < -0.39 is 0 Å². The third kappa shape index (κ3) is 4.71. The number of ether oxygens (including phenoxy) is 1. The Morgan fingerprint density at radius 1 is 1.06 bits per heavy atom. The van der Waals surface area contributed by atoms with Crippen molar-refractivity contribution in [3.63, 3.8) is 0 Å². The van der Waals surface area contributed by atoms with Gasteiger partial charge in [0.1, 0.15) is 11.5 Å². The fourth-order valence-corrected chi connectivity index (χ4v) is 4.11. The lowest BCUT2D eigenvalue weighted by Crippen LogP contribution is -2.10. The number of halogens is 2. The molecule has 1 aromatic heterocycles. The summed E-state index contributed by atoms with van der Waals surface area (Å²) in [5, 5.41) is 8.61. The molecule has 31 heavy (non-hydrogen) atoms. The first-order chi connectivity index (χ1) is 15.1. The van der Waals surface area contributed by atoms with Crippen LogP contribution in [0.15, 0.2) is 65.1 Å². The third-order valence-electron chi connectivity index (χ3n) is 5.34. The standard InChI is InChI=1S/C25H25BrFN3O/c1-28-12-5-13-31-16-18-6-3-4-7-20(18)17-8-10-21(23(27)14-17)25-22-11-9-19(26)15-24(22)30(2)29-25/h3-4,6-11,14-15,28H,5,12-13,16H2,1-2H3. The van der Waals surface area contributed by atoms with Gasteiger partial charge in [-0.25, -0.2) is 4.39 Å². The Morgan fingerprint density at radius 3 is 2.71 bits per heavy atom. The highest BCUT2D eigenvalue weighted by atomic mass is 79.9. The molecule has 0 atom stereocenters. The summed E-state index contributed by atoms with van der Waals surface area (Å²) in [6.07, 6.45) is 0.955. The van der Waals surface area contributed by atoms with Gasteiger partial charge in [0.15, 0.2) is 0 Å². The second kappa shape index (κ2) is 9.73. The molecule has 4 rings (SSSR count). The molecule has 0 amide bonds. The number of aryl methyl sites for hydroxylation is 1. The molecule has 6 heteroatoms. The zero-order chi connectivity index (χ0) is 21.8. The quantitative estimate of drug-likeness (QED) is 0.316. The van der Waals surface area contributed by atoms with Crippen LogP contribution >= 0.6 is 15.9 Å². The monoisotopic (exact) mass is 481 g/mol. The summed E-state index contributed by atoms with van der Waals surface area (Å²) in [6.45, 7) is 2.11. The smallest absolute Gasteiger partial charge is 0.133 e. The molecule has 3 aromatic carbocycles. The van der Waals surface area contributed by atoms with E-state index in [1.807, 2.05) is 68.7 Å². The van der Waals surface area contributed by atoms with Crippen LogP contribution in [-0.2, 0) is 18.4 Å². The Balaban J connectivity index is 1.64. The topological polar surface area (TPSA) is 39.1 Å². The molecule has 0 spiro atoms. The summed E-state index contributed by atoms with van der Waals surface area (Å²) in [7, 11) is 3.80. The summed E-state index contributed by atoms with van der Waals surface area (Å²) < 4.78 is 23.8. The van der Waals surface area contributed by atoms with Gasteiger partial charge in [-0.15, -0.1) is 0 Å². The molecule has 0 radical (unpaired) electrons. The van der Waals surface area contributed by atoms with E-state index in [0.29, 0.717) is 24.5 Å². The van der Waals surface area contributed by atoms with Gasteiger partial charge in [-0.3, -0.25) is 4.68 Å². The third-order valence-corrected chi connectivity index (χ3v) is 5.83. The van der Waals surface area contributed by atoms with Gasteiger partial charge in [0.2, 0.25) is 0 Å². The van der Waals surface area contributed by atoms with Gasteiger partial charge >= 0.3 is 0 Å². The maximum atomic E-state index is 15.3. The van der Waals surface area contributed by atoms with E-state index in [-0.39, 0.29) is 5.82 Å². The van der Waals surface area contributed by atoms with E-state index in [0.717, 1.165) is 45.0 Å². The average molecular weight is 482 g/mol. The highest BCUT2D eigenvalue weighted by Gasteiger charge is 2.16. The zero-order valence-corrected chi connectivity index (χ0v) is 19.2. The van der Waals surface area contributed by atoms with Crippen molar-refractivity contribution in [2.24, 2.45) is 7.05 Å². The van der Waals surface area contributed by atoms with Gasteiger partial charge in [-0.1, -0.05) is 46.3 Å². The van der Waals surface area contributed by atoms with Crippen molar-refractivity contribution in [1.82, 2.24) is 15.1 Å². The molecule has 0 aliphatic rings. The van der Waals surface area contributed by atoms with Crippen molar-refractivity contribution in [3.05, 3.63) is 76.5 Å². The van der Waals surface area contributed by atoms with E-state index in [2.05, 4.69) is 26.3 Å². The molecule has 0 unspecified atom stereocenters. The Labute approximate surface area is 190 Å². The highest BCUT2D eigenvalue weighted by molar-refractivity contribution is 9.10. The molecule has 4 nitrogen and oxygen atoms in total. The molecule has 160 valence electrons. The second-order valence-electron chi connectivity index (χ2n) is 7.50. The van der Waals surface area contributed by atoms with Crippen LogP contribution < -0.4 is 5.32 Å². The Bertz CT molecular complexity index is 1200. The molecule has 0 aliphatic heterocycles. The maximum absolute atomic E-state index is 15.3. The Morgan fingerprint density at radius 2 is 1.90 bits per heavy atom. The molecule has 0 saturated heterocycles. The summed E-state index contributed by atoms with van der Waals surface area (Å²) in [5.41, 5.74) is 4.96. The molecule has 1 heterocycles. The van der Waals surface area contributed by atoms with Crippen LogP contribution in [0.2, 0.25) is 0 Å². The summed E-state index contributed by atoms with van der Waals surface area (Å²) in [4.78, 5) is 0. The lowest BCUT2D eigenvalue weighted by molar-refractivity contribution is 0.119. The fourth-order valence-electron chi connectivity index (χ4n) is 3.77. The number of benzene rings is 3. The van der Waals surface area contributed by atoms with E-state index >= 15 is 4.39 Å². The lowest BCUT2D eigenvalue weighted by atomic mass is 9.97. The molecule has 1 N–H and O–H groups in total. The Kier molecular flexibility index (Phi) is 6.80. The van der Waals surface area contributed by atoms with Crippen LogP contribution in [0.4, 0.5) is 4.39 Å². The van der Waals surface area contributed by atoms with Crippen LogP contribution in [0.3, 0.4) is 0 Å². The van der Waals surface area contributed by atoms with Gasteiger partial charge in [0.05, 0.1) is 12.1 Å². The number of nitrogens with one attached hydrogen (secondary N) is 1. The van der Waals surface area contributed by atoms with Crippen molar-refractivity contribution < 1.29 is 9.13 Å². The van der Waals surface area contributed by atoms with Crippen molar-refractivity contribution in [2.75, 3.05) is 20.2 Å². The molecule has 0 fully saturated rings. The van der Waals surface area contributed by atoms with Crippen LogP contribution in [-0.4, -0.2) is 30.0 Å². The zero-order valence-electron chi connectivity index (χ0n) is 17.7. The highest BCUT2D eigenvalue weighted by Crippen LogP contribution is 2.34. The van der Waals surface area contributed by atoms with Gasteiger partial charge in [-0.05, 0) is 67.0 Å². The molecular weight excluding hydrogens is 457 g/mol. The van der Waals surface area contributed by atoms with Gasteiger partial charge in [0.25, 0.3) is 0 Å². The number of aromatic nitrogens is 2. The number of hydrogen-bond donors (Lipinski definition) is 1. The number of nitrogens with zero attached hydrogens (tertiary/aromatic N) is 2. The van der Waals surface area contributed by atoms with Crippen LogP contribution in [0.5, 0.6) is 0 Å². The molecule has 0 bridgehead atoms. The van der Waals surface area contributed by atoms with Crippen molar-refractivity contribution in [2.45, 2.75) is 13.0 Å². The minimum atomic E-state index is -0.287. The predicted octanol–water partition coefficient (Wildman–Crippen LogP) is 5.94. The van der Waals surface area contributed by atoms with E-state index in [1.165, 1.54) is 0 Å². The maximum Gasteiger partial charge on any atom is 0.133 e. The summed E-state index contributed by atoms with van der Waals surface area (Å²) in [5.74, 6) is -0.287. The SMILES string of the molecule is CNCCCOCc1ccccc1-c1ccc(-c2nn(C)c3cc(Br)ccc23)c(F)c1. The number of hydrogen-bond acceptors (Lipinski definition) is 3.